The number of rotatable bonds is 1. The Morgan fingerprint density at radius 1 is 0.952 bits per heavy atom. The number of fused-ring (bicyclic) bond motifs is 1. The number of ether oxygens (including phenoxy) is 2. The highest BCUT2D eigenvalue weighted by Gasteiger charge is 2.35. The first-order valence-corrected chi connectivity index (χ1v) is 6.60. The highest BCUT2D eigenvalue weighted by atomic mass is 35.5. The van der Waals surface area contributed by atoms with Gasteiger partial charge in [0.15, 0.2) is 11.5 Å². The number of para-hydroxylation sites is 1. The summed E-state index contributed by atoms with van der Waals surface area (Å²) in [6.07, 6.45) is -4.50. The molecule has 110 valence electrons. The predicted molar refractivity (Wildman–Crippen MR) is 72.9 cm³/mol. The highest BCUT2D eigenvalue weighted by Crippen LogP contribution is 2.45. The van der Waals surface area contributed by atoms with Gasteiger partial charge in [-0.3, -0.25) is 0 Å². The predicted octanol–water partition coefficient (Wildman–Crippen LogP) is 4.80. The monoisotopic (exact) mass is 314 g/mol. The number of halogens is 4. The van der Waals surface area contributed by atoms with Crippen LogP contribution in [0.4, 0.5) is 13.2 Å². The van der Waals surface area contributed by atoms with E-state index in [2.05, 4.69) is 0 Å². The van der Waals surface area contributed by atoms with Crippen molar-refractivity contribution in [2.24, 2.45) is 0 Å². The Morgan fingerprint density at radius 2 is 1.71 bits per heavy atom. The summed E-state index contributed by atoms with van der Waals surface area (Å²) < 4.78 is 50.5. The maximum atomic E-state index is 13.2. The molecule has 2 aromatic rings. The standard InChI is InChI=1S/C15H10ClF3O2/c16-9-4-5-10(12(8-9)15(17,18)19)11-2-1-3-13-14(11)21-7-6-20-13/h1-5,8H,6-7H2. The normalized spacial score (nSPS) is 14.1. The molecule has 3 rings (SSSR count). The largest absolute Gasteiger partial charge is 0.486 e. The molecule has 0 spiro atoms. The second-order valence-electron chi connectivity index (χ2n) is 4.52. The molecule has 0 fully saturated rings. The van der Waals surface area contributed by atoms with Gasteiger partial charge in [0, 0.05) is 10.6 Å². The van der Waals surface area contributed by atoms with Crippen molar-refractivity contribution in [3.8, 4) is 22.6 Å². The van der Waals surface area contributed by atoms with Gasteiger partial charge in [-0.05, 0) is 23.8 Å². The van der Waals surface area contributed by atoms with Crippen molar-refractivity contribution >= 4 is 11.6 Å². The van der Waals surface area contributed by atoms with Crippen molar-refractivity contribution in [2.75, 3.05) is 13.2 Å². The molecule has 0 atom stereocenters. The van der Waals surface area contributed by atoms with Gasteiger partial charge >= 0.3 is 6.18 Å². The third kappa shape index (κ3) is 2.65. The summed E-state index contributed by atoms with van der Waals surface area (Å²) >= 11 is 5.70. The molecule has 0 amide bonds. The van der Waals surface area contributed by atoms with Crippen LogP contribution in [0.1, 0.15) is 5.56 Å². The lowest BCUT2D eigenvalue weighted by Crippen LogP contribution is -2.16. The van der Waals surface area contributed by atoms with Crippen molar-refractivity contribution in [1.29, 1.82) is 0 Å². The first kappa shape index (κ1) is 14.1. The molecule has 1 aliphatic rings. The Bertz CT molecular complexity index is 683. The Balaban J connectivity index is 2.22. The van der Waals surface area contributed by atoms with Gasteiger partial charge in [-0.15, -0.1) is 0 Å². The van der Waals surface area contributed by atoms with Gasteiger partial charge in [0.2, 0.25) is 0 Å². The van der Waals surface area contributed by atoms with Gasteiger partial charge in [-0.2, -0.15) is 13.2 Å². The second-order valence-corrected chi connectivity index (χ2v) is 4.95. The minimum atomic E-state index is -4.50. The molecule has 0 unspecified atom stereocenters. The first-order valence-electron chi connectivity index (χ1n) is 6.22. The molecule has 6 heteroatoms. The highest BCUT2D eigenvalue weighted by molar-refractivity contribution is 6.30. The lowest BCUT2D eigenvalue weighted by Gasteiger charge is -2.22. The summed E-state index contributed by atoms with van der Waals surface area (Å²) in [5.41, 5.74) is -0.428. The lowest BCUT2D eigenvalue weighted by atomic mass is 9.98. The molecular formula is C15H10ClF3O2. The van der Waals surface area contributed by atoms with Gasteiger partial charge < -0.3 is 9.47 Å². The van der Waals surface area contributed by atoms with Crippen LogP contribution in [-0.2, 0) is 6.18 Å². The average molecular weight is 315 g/mol. The molecule has 2 nitrogen and oxygen atoms in total. The zero-order chi connectivity index (χ0) is 15.0. The van der Waals surface area contributed by atoms with Crippen LogP contribution in [0.2, 0.25) is 5.02 Å². The topological polar surface area (TPSA) is 18.5 Å². The van der Waals surface area contributed by atoms with E-state index in [0.29, 0.717) is 30.3 Å². The zero-order valence-electron chi connectivity index (χ0n) is 10.7. The van der Waals surface area contributed by atoms with Crippen LogP contribution < -0.4 is 9.47 Å². The Kier molecular flexibility index (Phi) is 3.45. The molecule has 2 aromatic carbocycles. The summed E-state index contributed by atoms with van der Waals surface area (Å²) in [6, 6.07) is 8.57. The fourth-order valence-corrected chi connectivity index (χ4v) is 2.44. The third-order valence-corrected chi connectivity index (χ3v) is 3.38. The van der Waals surface area contributed by atoms with Gasteiger partial charge in [-0.1, -0.05) is 29.8 Å². The molecule has 0 bridgehead atoms. The van der Waals surface area contributed by atoms with E-state index >= 15 is 0 Å². The number of hydrogen-bond donors (Lipinski definition) is 0. The van der Waals surface area contributed by atoms with Crippen LogP contribution in [0.3, 0.4) is 0 Å². The molecule has 0 radical (unpaired) electrons. The van der Waals surface area contributed by atoms with E-state index in [9.17, 15) is 13.2 Å². The van der Waals surface area contributed by atoms with E-state index in [0.717, 1.165) is 6.07 Å². The van der Waals surface area contributed by atoms with Crippen molar-refractivity contribution < 1.29 is 22.6 Å². The van der Waals surface area contributed by atoms with Crippen LogP contribution in [0, 0.1) is 0 Å². The fraction of sp³-hybridized carbons (Fsp3) is 0.200. The second kappa shape index (κ2) is 5.15. The van der Waals surface area contributed by atoms with E-state index in [1.54, 1.807) is 18.2 Å². The number of hydrogen-bond acceptors (Lipinski definition) is 2. The minimum absolute atomic E-state index is 0.0225. The molecule has 0 saturated carbocycles. The summed E-state index contributed by atoms with van der Waals surface area (Å²) in [5, 5.41) is 0.0352. The summed E-state index contributed by atoms with van der Waals surface area (Å²) in [4.78, 5) is 0. The molecular weight excluding hydrogens is 305 g/mol. The van der Waals surface area contributed by atoms with Gasteiger partial charge in [0.25, 0.3) is 0 Å². The van der Waals surface area contributed by atoms with Crippen molar-refractivity contribution in [1.82, 2.24) is 0 Å². The van der Waals surface area contributed by atoms with E-state index in [1.165, 1.54) is 12.1 Å². The summed E-state index contributed by atoms with van der Waals surface area (Å²) in [6.45, 7) is 0.683. The van der Waals surface area contributed by atoms with Crippen LogP contribution in [0.5, 0.6) is 11.5 Å². The molecule has 21 heavy (non-hydrogen) atoms. The summed E-state index contributed by atoms with van der Waals surface area (Å²) in [5.74, 6) is 0.776. The van der Waals surface area contributed by atoms with Crippen molar-refractivity contribution in [3.05, 3.63) is 47.0 Å². The van der Waals surface area contributed by atoms with Crippen LogP contribution in [0.15, 0.2) is 36.4 Å². The number of benzene rings is 2. The average Bonchev–Trinajstić information content (AvgIpc) is 2.46. The maximum absolute atomic E-state index is 13.2. The molecule has 1 heterocycles. The fourth-order valence-electron chi connectivity index (χ4n) is 2.27. The van der Waals surface area contributed by atoms with Gasteiger partial charge in [-0.25, -0.2) is 0 Å². The third-order valence-electron chi connectivity index (χ3n) is 3.14. The maximum Gasteiger partial charge on any atom is 0.417 e. The molecule has 0 saturated heterocycles. The Morgan fingerprint density at radius 3 is 2.48 bits per heavy atom. The van der Waals surface area contributed by atoms with Gasteiger partial charge in [0.05, 0.1) is 5.56 Å². The Labute approximate surface area is 124 Å². The van der Waals surface area contributed by atoms with Crippen LogP contribution >= 0.6 is 11.6 Å². The van der Waals surface area contributed by atoms with Gasteiger partial charge in [0.1, 0.15) is 13.2 Å². The van der Waals surface area contributed by atoms with Crippen molar-refractivity contribution in [3.63, 3.8) is 0 Å². The zero-order valence-corrected chi connectivity index (χ0v) is 11.5. The van der Waals surface area contributed by atoms with E-state index in [-0.39, 0.29) is 10.6 Å². The Hall–Kier alpha value is -1.88. The van der Waals surface area contributed by atoms with Crippen LogP contribution in [0.25, 0.3) is 11.1 Å². The molecule has 0 aliphatic carbocycles. The first-order chi connectivity index (χ1) is 9.97. The molecule has 1 aliphatic heterocycles. The van der Waals surface area contributed by atoms with E-state index in [1.807, 2.05) is 0 Å². The summed E-state index contributed by atoms with van der Waals surface area (Å²) in [7, 11) is 0. The molecule has 0 N–H and O–H groups in total. The number of alkyl halides is 3. The van der Waals surface area contributed by atoms with E-state index in [4.69, 9.17) is 21.1 Å². The quantitative estimate of drug-likeness (QED) is 0.753. The smallest absolute Gasteiger partial charge is 0.417 e. The SMILES string of the molecule is FC(F)(F)c1cc(Cl)ccc1-c1cccc2c1OCCO2. The van der Waals surface area contributed by atoms with Crippen LogP contribution in [-0.4, -0.2) is 13.2 Å². The lowest BCUT2D eigenvalue weighted by molar-refractivity contribution is -0.137. The molecule has 0 aromatic heterocycles. The van der Waals surface area contributed by atoms with E-state index < -0.39 is 11.7 Å². The van der Waals surface area contributed by atoms with Crippen molar-refractivity contribution in [2.45, 2.75) is 6.18 Å². The minimum Gasteiger partial charge on any atom is -0.486 e.